The van der Waals surface area contributed by atoms with E-state index in [1.807, 2.05) is 0 Å². The summed E-state index contributed by atoms with van der Waals surface area (Å²) in [6, 6.07) is 4.99. The van der Waals surface area contributed by atoms with Gasteiger partial charge in [0.25, 0.3) is 0 Å². The van der Waals surface area contributed by atoms with Gasteiger partial charge in [0, 0.05) is 10.5 Å². The summed E-state index contributed by atoms with van der Waals surface area (Å²) in [4.78, 5) is 15.1. The van der Waals surface area contributed by atoms with Gasteiger partial charge >= 0.3 is 11.9 Å². The highest BCUT2D eigenvalue weighted by Gasteiger charge is 2.46. The molecular weight excluding hydrogens is 379 g/mol. The Labute approximate surface area is 138 Å². The molecule has 0 aliphatic rings. The molecule has 1 aromatic carbocycles. The first kappa shape index (κ1) is 17.3. The van der Waals surface area contributed by atoms with Crippen LogP contribution in [0.25, 0.3) is 0 Å². The topological polar surface area (TPSA) is 48.4 Å². The molecule has 122 valence electrons. The number of pyridine rings is 1. The summed E-state index contributed by atoms with van der Waals surface area (Å²) in [5.74, 6) is -6.72. The minimum absolute atomic E-state index is 0.0441. The van der Waals surface area contributed by atoms with E-state index in [0.717, 1.165) is 18.5 Å². The van der Waals surface area contributed by atoms with Crippen LogP contribution in [0.3, 0.4) is 0 Å². The van der Waals surface area contributed by atoms with Gasteiger partial charge in [-0.1, -0.05) is 22.0 Å². The first-order chi connectivity index (χ1) is 10.9. The lowest BCUT2D eigenvalue weighted by Crippen LogP contribution is -2.29. The summed E-state index contributed by atoms with van der Waals surface area (Å²) in [6.07, 6.45) is 2.11. The van der Waals surface area contributed by atoms with Crippen LogP contribution in [0.1, 0.15) is 12.5 Å². The molecule has 2 rings (SSSR count). The number of hydrogen-bond donors (Lipinski definition) is 0. The lowest BCUT2D eigenvalue weighted by atomic mass is 10.1. The second kappa shape index (κ2) is 6.99. The Bertz CT molecular complexity index is 725. The van der Waals surface area contributed by atoms with Crippen LogP contribution in [0.5, 0.6) is 11.5 Å². The average molecular weight is 390 g/mol. The normalized spacial score (nSPS) is 11.2. The Hall–Kier alpha value is -2.09. The molecule has 0 bridgehead atoms. The lowest BCUT2D eigenvalue weighted by Gasteiger charge is -2.19. The fraction of sp³-hybridized carbons (Fsp3) is 0.200. The minimum atomic E-state index is -3.94. The van der Waals surface area contributed by atoms with Gasteiger partial charge < -0.3 is 9.47 Å². The van der Waals surface area contributed by atoms with E-state index in [2.05, 4.69) is 25.7 Å². The van der Waals surface area contributed by atoms with Gasteiger partial charge in [-0.3, -0.25) is 4.98 Å². The number of benzene rings is 1. The molecule has 0 fully saturated rings. The van der Waals surface area contributed by atoms with Crippen molar-refractivity contribution in [2.75, 3.05) is 6.61 Å². The zero-order chi connectivity index (χ0) is 17.0. The third-order valence-corrected chi connectivity index (χ3v) is 3.39. The summed E-state index contributed by atoms with van der Waals surface area (Å²) >= 11 is 2.97. The van der Waals surface area contributed by atoms with Crippen molar-refractivity contribution in [3.8, 4) is 11.5 Å². The molecule has 0 unspecified atom stereocenters. The molecule has 0 amide bonds. The van der Waals surface area contributed by atoms with E-state index in [-0.39, 0.29) is 22.6 Å². The van der Waals surface area contributed by atoms with E-state index >= 15 is 0 Å². The fourth-order valence-electron chi connectivity index (χ4n) is 1.79. The molecule has 0 N–H and O–H groups in total. The van der Waals surface area contributed by atoms with Gasteiger partial charge in [-0.15, -0.1) is 0 Å². The number of rotatable bonds is 5. The number of halogens is 4. The monoisotopic (exact) mass is 389 g/mol. The zero-order valence-corrected chi connectivity index (χ0v) is 13.4. The maximum absolute atomic E-state index is 14.4. The average Bonchev–Trinajstić information content (AvgIpc) is 2.47. The number of ether oxygens (including phenoxy) is 2. The van der Waals surface area contributed by atoms with Crippen LogP contribution in [0.15, 0.2) is 41.1 Å². The van der Waals surface area contributed by atoms with Gasteiger partial charge in [0.2, 0.25) is 0 Å². The first-order valence-electron chi connectivity index (χ1n) is 6.48. The van der Waals surface area contributed by atoms with E-state index in [0.29, 0.717) is 0 Å². The number of aromatic nitrogens is 1. The second-order valence-corrected chi connectivity index (χ2v) is 5.20. The number of carbonyl (C=O) groups excluding carboxylic acids is 1. The van der Waals surface area contributed by atoms with Gasteiger partial charge in [-0.25, -0.2) is 9.18 Å². The number of carbonyl (C=O) groups is 1. The van der Waals surface area contributed by atoms with Crippen molar-refractivity contribution < 1.29 is 27.4 Å². The lowest BCUT2D eigenvalue weighted by molar-refractivity contribution is -0.173. The summed E-state index contributed by atoms with van der Waals surface area (Å²) in [5.41, 5.74) is -0.706. The number of nitrogens with zero attached hydrogens (tertiary/aromatic N) is 1. The SMILES string of the molecule is CCOC(=O)C(F)(F)c1c(Br)cccc1Oc1cncc(F)c1. The van der Waals surface area contributed by atoms with Crippen molar-refractivity contribution in [2.45, 2.75) is 12.8 Å². The molecule has 23 heavy (non-hydrogen) atoms. The van der Waals surface area contributed by atoms with Gasteiger partial charge in [0.05, 0.1) is 24.6 Å². The summed E-state index contributed by atoms with van der Waals surface area (Å²) in [6.45, 7) is 1.23. The van der Waals surface area contributed by atoms with Gasteiger partial charge in [0.1, 0.15) is 17.3 Å². The molecular formula is C15H11BrF3NO3. The Morgan fingerprint density at radius 2 is 2.09 bits per heavy atom. The van der Waals surface area contributed by atoms with Crippen molar-refractivity contribution >= 4 is 21.9 Å². The maximum atomic E-state index is 14.4. The van der Waals surface area contributed by atoms with Gasteiger partial charge in [-0.2, -0.15) is 8.78 Å². The molecule has 0 atom stereocenters. The molecule has 0 saturated carbocycles. The largest absolute Gasteiger partial charge is 0.461 e. The van der Waals surface area contributed by atoms with Crippen LogP contribution < -0.4 is 4.74 Å². The second-order valence-electron chi connectivity index (χ2n) is 4.35. The van der Waals surface area contributed by atoms with Crippen molar-refractivity contribution in [3.05, 3.63) is 52.5 Å². The van der Waals surface area contributed by atoms with E-state index in [1.54, 1.807) is 0 Å². The number of hydrogen-bond acceptors (Lipinski definition) is 4. The molecule has 0 radical (unpaired) electrons. The predicted molar refractivity (Wildman–Crippen MR) is 78.9 cm³/mol. The van der Waals surface area contributed by atoms with Crippen molar-refractivity contribution in [1.82, 2.24) is 4.98 Å². The number of esters is 1. The van der Waals surface area contributed by atoms with E-state index in [1.165, 1.54) is 25.1 Å². The van der Waals surface area contributed by atoms with Crippen molar-refractivity contribution in [1.29, 1.82) is 0 Å². The molecule has 1 aromatic heterocycles. The highest BCUT2D eigenvalue weighted by molar-refractivity contribution is 9.10. The van der Waals surface area contributed by atoms with Crippen LogP contribution in [0.2, 0.25) is 0 Å². The molecule has 0 aliphatic heterocycles. The molecule has 8 heteroatoms. The Kier molecular flexibility index (Phi) is 5.25. The maximum Gasteiger partial charge on any atom is 0.382 e. The van der Waals surface area contributed by atoms with Crippen molar-refractivity contribution in [3.63, 3.8) is 0 Å². The van der Waals surface area contributed by atoms with Crippen LogP contribution in [-0.2, 0) is 15.5 Å². The molecule has 0 aliphatic carbocycles. The summed E-state index contributed by atoms with van der Waals surface area (Å²) in [5, 5.41) is 0. The molecule has 2 aromatic rings. The van der Waals surface area contributed by atoms with E-state index < -0.39 is 23.3 Å². The Morgan fingerprint density at radius 3 is 2.74 bits per heavy atom. The minimum Gasteiger partial charge on any atom is -0.461 e. The smallest absolute Gasteiger partial charge is 0.382 e. The third-order valence-electron chi connectivity index (χ3n) is 2.73. The third kappa shape index (κ3) is 3.82. The highest BCUT2D eigenvalue weighted by Crippen LogP contribution is 2.42. The molecule has 0 saturated heterocycles. The highest BCUT2D eigenvalue weighted by atomic mass is 79.9. The number of alkyl halides is 2. The van der Waals surface area contributed by atoms with Gasteiger partial charge in [-0.05, 0) is 19.1 Å². The van der Waals surface area contributed by atoms with Gasteiger partial charge in [0.15, 0.2) is 0 Å². The van der Waals surface area contributed by atoms with E-state index in [9.17, 15) is 18.0 Å². The predicted octanol–water partition coefficient (Wildman–Crippen LogP) is 4.43. The zero-order valence-electron chi connectivity index (χ0n) is 11.9. The molecule has 0 spiro atoms. The van der Waals surface area contributed by atoms with Crippen LogP contribution >= 0.6 is 15.9 Å². The summed E-state index contributed by atoms with van der Waals surface area (Å²) < 4.78 is 51.5. The standard InChI is InChI=1S/C15H11BrF3NO3/c1-2-22-14(21)15(18,19)13-11(16)4-3-5-12(13)23-10-6-9(17)7-20-8-10/h3-8H,2H2,1H3. The van der Waals surface area contributed by atoms with Crippen LogP contribution in [0, 0.1) is 5.82 Å². The van der Waals surface area contributed by atoms with Crippen molar-refractivity contribution in [2.24, 2.45) is 0 Å². The molecule has 4 nitrogen and oxygen atoms in total. The fourth-order valence-corrected chi connectivity index (χ4v) is 2.39. The first-order valence-corrected chi connectivity index (χ1v) is 7.28. The Balaban J connectivity index is 2.46. The Morgan fingerprint density at radius 1 is 1.35 bits per heavy atom. The quantitative estimate of drug-likeness (QED) is 0.709. The van der Waals surface area contributed by atoms with Crippen LogP contribution in [0.4, 0.5) is 13.2 Å². The van der Waals surface area contributed by atoms with Crippen LogP contribution in [-0.4, -0.2) is 17.6 Å². The van der Waals surface area contributed by atoms with E-state index in [4.69, 9.17) is 4.74 Å². The summed E-state index contributed by atoms with van der Waals surface area (Å²) in [7, 11) is 0. The molecule has 1 heterocycles.